The lowest BCUT2D eigenvalue weighted by molar-refractivity contribution is -0.119. The molecule has 1 atom stereocenters. The van der Waals surface area contributed by atoms with Gasteiger partial charge in [0.05, 0.1) is 35.6 Å². The lowest BCUT2D eigenvalue weighted by atomic mass is 9.77. The number of aryl methyl sites for hydroxylation is 1. The van der Waals surface area contributed by atoms with E-state index in [0.717, 1.165) is 60.1 Å². The first-order valence-electron chi connectivity index (χ1n) is 16.2. The number of hydrogen-bond donors (Lipinski definition) is 2. The van der Waals surface area contributed by atoms with E-state index in [1.165, 1.54) is 6.33 Å². The maximum Gasteiger partial charge on any atom is 0.259 e. The molecule has 1 saturated carbocycles. The molecule has 2 aromatic carbocycles. The largest absolute Gasteiger partial charge is 0.387 e. The van der Waals surface area contributed by atoms with Crippen molar-refractivity contribution in [2.45, 2.75) is 95.3 Å². The third kappa shape index (κ3) is 5.40. The van der Waals surface area contributed by atoms with Crippen LogP contribution in [0, 0.1) is 0 Å². The fourth-order valence-corrected chi connectivity index (χ4v) is 7.53. The molecular weight excluding hydrogens is 568 g/mol. The topological polar surface area (TPSA) is 123 Å². The van der Waals surface area contributed by atoms with E-state index in [4.69, 9.17) is 4.74 Å². The van der Waals surface area contributed by atoms with Crippen LogP contribution in [0.15, 0.2) is 64.8 Å². The van der Waals surface area contributed by atoms with Gasteiger partial charge in [-0.3, -0.25) is 14.2 Å². The molecule has 1 unspecified atom stereocenters. The molecule has 1 amide bonds. The number of hydrazone groups is 1. The van der Waals surface area contributed by atoms with E-state index in [1.54, 1.807) is 0 Å². The van der Waals surface area contributed by atoms with Gasteiger partial charge in [0.1, 0.15) is 6.33 Å². The van der Waals surface area contributed by atoms with Gasteiger partial charge in [-0.25, -0.2) is 9.94 Å². The number of amides is 1. The number of nitrogens with zero attached hydrogens (tertiary/aromatic N) is 5. The molecule has 1 saturated heterocycles. The second-order valence-electron chi connectivity index (χ2n) is 13.0. The normalized spacial score (nSPS) is 24.8. The summed E-state index contributed by atoms with van der Waals surface area (Å²) in [5, 5.41) is 19.8. The molecule has 3 aliphatic rings. The molecule has 4 heterocycles. The molecule has 2 aromatic heterocycles. The minimum Gasteiger partial charge on any atom is -0.387 e. The zero-order chi connectivity index (χ0) is 31.2. The van der Waals surface area contributed by atoms with Gasteiger partial charge in [-0.1, -0.05) is 62.7 Å². The first-order chi connectivity index (χ1) is 21.8. The van der Waals surface area contributed by atoms with E-state index in [1.807, 2.05) is 46.3 Å². The Bertz CT molecular complexity index is 1840. The SMILES string of the molecule is CCCc1c(Cc2ccc(-c3ccccc3)c(C3=NNC(=O)C3)c2)c(=O)n(C2CCC3(CC2)CC(O)(CC)CO3)c2ncnn12. The van der Waals surface area contributed by atoms with E-state index < -0.39 is 5.60 Å². The average Bonchev–Trinajstić information content (AvgIpc) is 3.80. The Morgan fingerprint density at radius 1 is 1.07 bits per heavy atom. The van der Waals surface area contributed by atoms with Crippen LogP contribution in [0.1, 0.15) is 93.6 Å². The van der Waals surface area contributed by atoms with Gasteiger partial charge in [0.25, 0.3) is 5.56 Å². The van der Waals surface area contributed by atoms with Crippen molar-refractivity contribution in [2.24, 2.45) is 5.10 Å². The lowest BCUT2D eigenvalue weighted by Crippen LogP contribution is -2.40. The number of benzene rings is 2. The number of aliphatic hydroxyl groups is 1. The first kappa shape index (κ1) is 29.6. The highest BCUT2D eigenvalue weighted by atomic mass is 16.5. The second kappa shape index (κ2) is 11.7. The minimum atomic E-state index is -0.763. The Balaban J connectivity index is 1.27. The standard InChI is InChI=1S/C35H40N6O4/c1-3-8-30-28(18-23-11-12-26(24-9-6-5-7-10-24)27(17-23)29-19-31(42)39-38-29)32(43)40(33-36-22-37-41(30)33)25-13-15-35(16-14-25)20-34(44,4-2)21-45-35/h5-7,9-12,17,22,25,44H,3-4,8,13-16,18-21H2,1-2H3,(H,39,42). The molecule has 2 fully saturated rings. The van der Waals surface area contributed by atoms with Gasteiger partial charge in [-0.2, -0.15) is 15.2 Å². The van der Waals surface area contributed by atoms with Crippen molar-refractivity contribution in [3.05, 3.63) is 87.6 Å². The Morgan fingerprint density at radius 2 is 1.87 bits per heavy atom. The van der Waals surface area contributed by atoms with Gasteiger partial charge in [0.2, 0.25) is 11.7 Å². The smallest absolute Gasteiger partial charge is 0.259 e. The minimum absolute atomic E-state index is 0.0268. The summed E-state index contributed by atoms with van der Waals surface area (Å²) in [5.74, 6) is 0.450. The summed E-state index contributed by atoms with van der Waals surface area (Å²) in [5.41, 5.74) is 7.66. The molecule has 1 spiro atoms. The summed E-state index contributed by atoms with van der Waals surface area (Å²) in [4.78, 5) is 31.2. The van der Waals surface area contributed by atoms with Crippen LogP contribution in [0.2, 0.25) is 0 Å². The van der Waals surface area contributed by atoms with Crippen LogP contribution < -0.4 is 11.0 Å². The van der Waals surface area contributed by atoms with Gasteiger partial charge in [-0.15, -0.1) is 0 Å². The van der Waals surface area contributed by atoms with E-state index in [9.17, 15) is 14.7 Å². The van der Waals surface area contributed by atoms with Gasteiger partial charge in [0.15, 0.2) is 0 Å². The van der Waals surface area contributed by atoms with Crippen LogP contribution in [0.4, 0.5) is 0 Å². The van der Waals surface area contributed by atoms with Crippen molar-refractivity contribution in [1.82, 2.24) is 24.6 Å². The summed E-state index contributed by atoms with van der Waals surface area (Å²) in [6, 6.07) is 16.2. The van der Waals surface area contributed by atoms with Crippen molar-refractivity contribution in [3.8, 4) is 11.1 Å². The van der Waals surface area contributed by atoms with Crippen LogP contribution >= 0.6 is 0 Å². The van der Waals surface area contributed by atoms with Gasteiger partial charge >= 0.3 is 0 Å². The Kier molecular flexibility index (Phi) is 7.65. The number of fused-ring (bicyclic) bond motifs is 1. The molecule has 4 aromatic rings. The molecule has 1 aliphatic carbocycles. The molecule has 2 aliphatic heterocycles. The summed E-state index contributed by atoms with van der Waals surface area (Å²) >= 11 is 0. The lowest BCUT2D eigenvalue weighted by Gasteiger charge is -2.37. The summed E-state index contributed by atoms with van der Waals surface area (Å²) in [7, 11) is 0. The highest BCUT2D eigenvalue weighted by molar-refractivity contribution is 6.16. The zero-order valence-corrected chi connectivity index (χ0v) is 26.0. The van der Waals surface area contributed by atoms with Crippen molar-refractivity contribution < 1.29 is 14.6 Å². The van der Waals surface area contributed by atoms with Gasteiger partial charge < -0.3 is 9.84 Å². The monoisotopic (exact) mass is 608 g/mol. The molecule has 10 heteroatoms. The van der Waals surface area contributed by atoms with Gasteiger partial charge in [-0.05, 0) is 61.3 Å². The summed E-state index contributed by atoms with van der Waals surface area (Å²) in [6.45, 7) is 4.48. The summed E-state index contributed by atoms with van der Waals surface area (Å²) in [6.07, 6.45) is 8.17. The maximum atomic E-state index is 14.5. The van der Waals surface area contributed by atoms with Crippen LogP contribution in [0.3, 0.4) is 0 Å². The van der Waals surface area contributed by atoms with Crippen LogP contribution in [0.5, 0.6) is 0 Å². The number of hydrogen-bond acceptors (Lipinski definition) is 7. The molecule has 2 N–H and O–H groups in total. The van der Waals surface area contributed by atoms with E-state index in [2.05, 4.69) is 45.7 Å². The number of nitrogens with one attached hydrogen (secondary N) is 1. The number of carbonyl (C=O) groups excluding carboxylic acids is 1. The molecular formula is C35H40N6O4. The number of rotatable bonds is 8. The maximum absolute atomic E-state index is 14.5. The number of ether oxygens (including phenoxy) is 1. The van der Waals surface area contributed by atoms with Gasteiger partial charge in [0, 0.05) is 30.0 Å². The number of carbonyl (C=O) groups is 1. The van der Waals surface area contributed by atoms with Crippen LogP contribution in [-0.2, 0) is 22.4 Å². The quantitative estimate of drug-likeness (QED) is 0.298. The van der Waals surface area contributed by atoms with E-state index in [0.29, 0.717) is 49.3 Å². The molecule has 0 radical (unpaired) electrons. The highest BCUT2D eigenvalue weighted by Crippen LogP contribution is 2.47. The third-order valence-corrected chi connectivity index (χ3v) is 10.0. The first-order valence-corrected chi connectivity index (χ1v) is 16.2. The predicted molar refractivity (Wildman–Crippen MR) is 171 cm³/mol. The van der Waals surface area contributed by atoms with Crippen molar-refractivity contribution in [1.29, 1.82) is 0 Å². The predicted octanol–water partition coefficient (Wildman–Crippen LogP) is 4.74. The molecule has 45 heavy (non-hydrogen) atoms. The third-order valence-electron chi connectivity index (χ3n) is 10.0. The fourth-order valence-electron chi connectivity index (χ4n) is 7.53. The van der Waals surface area contributed by atoms with Crippen LogP contribution in [0.25, 0.3) is 16.9 Å². The van der Waals surface area contributed by atoms with Crippen LogP contribution in [-0.4, -0.2) is 53.7 Å². The van der Waals surface area contributed by atoms with Crippen molar-refractivity contribution in [2.75, 3.05) is 6.61 Å². The average molecular weight is 609 g/mol. The summed E-state index contributed by atoms with van der Waals surface area (Å²) < 4.78 is 9.94. The molecule has 0 bridgehead atoms. The zero-order valence-electron chi connectivity index (χ0n) is 26.0. The van der Waals surface area contributed by atoms with E-state index in [-0.39, 0.29) is 29.5 Å². The molecule has 234 valence electrons. The van der Waals surface area contributed by atoms with E-state index >= 15 is 0 Å². The molecule has 7 rings (SSSR count). The fraction of sp³-hybridized carbons (Fsp3) is 0.457. The molecule has 10 nitrogen and oxygen atoms in total. The Hall–Kier alpha value is -4.15. The Labute approximate surface area is 262 Å². The van der Waals surface area contributed by atoms with Crippen molar-refractivity contribution in [3.63, 3.8) is 0 Å². The second-order valence-corrected chi connectivity index (χ2v) is 13.0. The number of aromatic nitrogens is 4. The highest BCUT2D eigenvalue weighted by Gasteiger charge is 2.49. The van der Waals surface area contributed by atoms with Crippen molar-refractivity contribution >= 4 is 17.4 Å². The Morgan fingerprint density at radius 3 is 2.56 bits per heavy atom.